The summed E-state index contributed by atoms with van der Waals surface area (Å²) in [7, 11) is 0. The molecule has 4 nitrogen and oxygen atoms in total. The molecule has 1 atom stereocenters. The summed E-state index contributed by atoms with van der Waals surface area (Å²) < 4.78 is 13.5. The van der Waals surface area contributed by atoms with Crippen molar-refractivity contribution < 1.29 is 4.39 Å². The van der Waals surface area contributed by atoms with Crippen LogP contribution in [0, 0.1) is 12.3 Å². The van der Waals surface area contributed by atoms with E-state index in [0.29, 0.717) is 32.2 Å². The molecule has 1 aromatic heterocycles. The highest BCUT2D eigenvalue weighted by atomic mass is 19.1. The summed E-state index contributed by atoms with van der Waals surface area (Å²) in [6.07, 6.45) is 11.8. The predicted molar refractivity (Wildman–Crippen MR) is 143 cm³/mol. The van der Waals surface area contributed by atoms with Gasteiger partial charge in [-0.25, -0.2) is 4.39 Å². The molecule has 0 fully saturated rings. The number of aromatic nitrogens is 1. The number of benzene rings is 1. The topological polar surface area (TPSA) is 77.3 Å². The zero-order chi connectivity index (χ0) is 24.8. The molecule has 2 aliphatic carbocycles. The number of allylic oxidation sites excluding steroid dienone is 7. The Hall–Kier alpha value is -3.57. The number of aliphatic imine (C=N–C) groups is 1. The summed E-state index contributed by atoms with van der Waals surface area (Å²) in [5.41, 5.74) is 19.9. The average Bonchev–Trinajstić information content (AvgIpc) is 2.87. The van der Waals surface area contributed by atoms with Gasteiger partial charge in [0.05, 0.1) is 11.4 Å². The van der Waals surface area contributed by atoms with Crippen molar-refractivity contribution in [3.63, 3.8) is 0 Å². The highest BCUT2D eigenvalue weighted by Gasteiger charge is 2.42. The van der Waals surface area contributed by atoms with E-state index in [1.807, 2.05) is 18.2 Å². The fraction of sp³-hybridized carbons (Fsp3) is 0.267. The van der Waals surface area contributed by atoms with Gasteiger partial charge in [0.1, 0.15) is 5.83 Å². The number of rotatable bonds is 7. The lowest BCUT2D eigenvalue weighted by Gasteiger charge is -2.42. The lowest BCUT2D eigenvalue weighted by molar-refractivity contribution is 0.454. The zero-order valence-corrected chi connectivity index (χ0v) is 20.3. The Bertz CT molecular complexity index is 1250. The summed E-state index contributed by atoms with van der Waals surface area (Å²) in [5, 5.41) is 0. The van der Waals surface area contributed by atoms with Gasteiger partial charge < -0.3 is 11.5 Å². The van der Waals surface area contributed by atoms with Crippen LogP contribution in [0.2, 0.25) is 0 Å². The maximum atomic E-state index is 13.5. The van der Waals surface area contributed by atoms with Crippen LogP contribution in [0.1, 0.15) is 42.5 Å². The molecule has 1 heterocycles. The summed E-state index contributed by atoms with van der Waals surface area (Å²) in [5.74, 6) is -0.115. The minimum absolute atomic E-state index is 0.115. The van der Waals surface area contributed by atoms with Gasteiger partial charge in [-0.3, -0.25) is 9.98 Å². The number of aryl methyl sites for hydroxylation is 1. The maximum Gasteiger partial charge on any atom is 0.100 e. The number of hydrogen-bond donors (Lipinski definition) is 2. The Labute approximate surface area is 207 Å². The predicted octanol–water partition coefficient (Wildman–Crippen LogP) is 6.13. The van der Waals surface area contributed by atoms with Crippen LogP contribution >= 0.6 is 0 Å². The van der Waals surface area contributed by atoms with Crippen molar-refractivity contribution in [2.75, 3.05) is 6.54 Å². The van der Waals surface area contributed by atoms with Crippen LogP contribution in [0.5, 0.6) is 0 Å². The SMILES string of the molecule is C=C(c1ccccn1)C1(Cc2cccc(C)c2)CC(=CN)C(=NC2=CC=C(F)CC2)C=C1CCN. The summed E-state index contributed by atoms with van der Waals surface area (Å²) >= 11 is 0. The first-order valence-electron chi connectivity index (χ1n) is 12.1. The van der Waals surface area contributed by atoms with Crippen molar-refractivity contribution in [3.8, 4) is 0 Å². The molecule has 0 aliphatic heterocycles. The Kier molecular flexibility index (Phi) is 7.57. The van der Waals surface area contributed by atoms with Gasteiger partial charge in [-0.05, 0) is 92.4 Å². The molecule has 4 rings (SSSR count). The van der Waals surface area contributed by atoms with E-state index in [1.54, 1.807) is 18.5 Å². The fourth-order valence-electron chi connectivity index (χ4n) is 5.03. The van der Waals surface area contributed by atoms with Crippen molar-refractivity contribution in [1.29, 1.82) is 0 Å². The first-order chi connectivity index (χ1) is 16.9. The molecule has 2 aromatic rings. The lowest BCUT2D eigenvalue weighted by Crippen LogP contribution is -2.35. The minimum atomic E-state index is -0.446. The van der Waals surface area contributed by atoms with Gasteiger partial charge >= 0.3 is 0 Å². The monoisotopic (exact) mass is 468 g/mol. The molecule has 0 radical (unpaired) electrons. The van der Waals surface area contributed by atoms with Gasteiger partial charge in [-0.15, -0.1) is 0 Å². The van der Waals surface area contributed by atoms with Crippen molar-refractivity contribution >= 4 is 11.3 Å². The fourth-order valence-corrected chi connectivity index (χ4v) is 5.03. The van der Waals surface area contributed by atoms with E-state index in [-0.39, 0.29) is 5.83 Å². The number of pyridine rings is 1. The summed E-state index contributed by atoms with van der Waals surface area (Å²) in [4.78, 5) is 9.52. The Morgan fingerprint density at radius 3 is 2.71 bits per heavy atom. The largest absolute Gasteiger partial charge is 0.404 e. The second-order valence-corrected chi connectivity index (χ2v) is 9.29. The minimum Gasteiger partial charge on any atom is -0.404 e. The van der Waals surface area contributed by atoms with Crippen LogP contribution < -0.4 is 11.5 Å². The van der Waals surface area contributed by atoms with Crippen molar-refractivity contribution in [2.24, 2.45) is 21.9 Å². The molecule has 0 spiro atoms. The van der Waals surface area contributed by atoms with Crippen LogP contribution in [0.25, 0.3) is 5.57 Å². The third kappa shape index (κ3) is 5.41. The molecule has 0 amide bonds. The molecular formula is C30H33FN4. The third-order valence-corrected chi connectivity index (χ3v) is 6.84. The molecule has 5 heteroatoms. The highest BCUT2D eigenvalue weighted by Crippen LogP contribution is 2.51. The molecule has 2 aliphatic rings. The van der Waals surface area contributed by atoms with Crippen LogP contribution in [0.15, 0.2) is 107 Å². The molecular weight excluding hydrogens is 435 g/mol. The van der Waals surface area contributed by atoms with E-state index in [4.69, 9.17) is 16.5 Å². The van der Waals surface area contributed by atoms with Crippen LogP contribution in [0.4, 0.5) is 4.39 Å². The molecule has 180 valence electrons. The second-order valence-electron chi connectivity index (χ2n) is 9.29. The lowest BCUT2D eigenvalue weighted by atomic mass is 9.61. The van der Waals surface area contributed by atoms with Crippen LogP contribution in [0.3, 0.4) is 0 Å². The molecule has 0 saturated heterocycles. The molecule has 0 bridgehead atoms. The van der Waals surface area contributed by atoms with Crippen molar-refractivity contribution in [3.05, 3.63) is 119 Å². The standard InChI is InChI=1S/C30H33FN4/c1-21-6-5-7-23(16-21)18-30(22(2)28-8-3-4-15-34-28)19-24(20-33)29(17-25(30)13-14-32)35-27-11-9-26(31)10-12-27/h3-9,11,15-17,20H,2,10,12-14,18-19,32-33H2,1H3. The van der Waals surface area contributed by atoms with Gasteiger partial charge in [0.15, 0.2) is 0 Å². The third-order valence-electron chi connectivity index (χ3n) is 6.84. The first-order valence-corrected chi connectivity index (χ1v) is 12.1. The zero-order valence-electron chi connectivity index (χ0n) is 20.3. The smallest absolute Gasteiger partial charge is 0.100 e. The average molecular weight is 469 g/mol. The second kappa shape index (κ2) is 10.8. The molecule has 4 N–H and O–H groups in total. The summed E-state index contributed by atoms with van der Waals surface area (Å²) in [6.45, 7) is 7.18. The Morgan fingerprint density at radius 1 is 1.20 bits per heavy atom. The van der Waals surface area contributed by atoms with Crippen molar-refractivity contribution in [2.45, 2.75) is 39.0 Å². The number of nitrogens with zero attached hydrogens (tertiary/aromatic N) is 2. The van der Waals surface area contributed by atoms with Gasteiger partial charge in [0.25, 0.3) is 0 Å². The van der Waals surface area contributed by atoms with E-state index in [2.05, 4.69) is 48.8 Å². The van der Waals surface area contributed by atoms with E-state index in [9.17, 15) is 4.39 Å². The van der Waals surface area contributed by atoms with Crippen molar-refractivity contribution in [1.82, 2.24) is 4.98 Å². The molecule has 1 unspecified atom stereocenters. The molecule has 0 saturated carbocycles. The van der Waals surface area contributed by atoms with E-state index in [1.165, 1.54) is 22.8 Å². The Balaban J connectivity index is 1.87. The van der Waals surface area contributed by atoms with Gasteiger partial charge in [-0.2, -0.15) is 0 Å². The van der Waals surface area contributed by atoms with E-state index >= 15 is 0 Å². The number of halogens is 1. The number of hydrogen-bond acceptors (Lipinski definition) is 4. The number of nitrogens with two attached hydrogens (primary N) is 2. The quantitative estimate of drug-likeness (QED) is 0.513. The normalized spacial score (nSPS) is 22.5. The molecule has 35 heavy (non-hydrogen) atoms. The van der Waals surface area contributed by atoms with Gasteiger partial charge in [0.2, 0.25) is 0 Å². The van der Waals surface area contributed by atoms with E-state index < -0.39 is 5.41 Å². The van der Waals surface area contributed by atoms with Gasteiger partial charge in [-0.1, -0.05) is 48.0 Å². The van der Waals surface area contributed by atoms with Crippen LogP contribution in [-0.2, 0) is 6.42 Å². The van der Waals surface area contributed by atoms with Gasteiger partial charge in [0, 0.05) is 23.7 Å². The van der Waals surface area contributed by atoms with Crippen LogP contribution in [-0.4, -0.2) is 17.2 Å². The van der Waals surface area contributed by atoms with E-state index in [0.717, 1.165) is 34.7 Å². The molecule has 1 aromatic carbocycles. The maximum absolute atomic E-state index is 13.5. The summed E-state index contributed by atoms with van der Waals surface area (Å²) in [6, 6.07) is 14.5. The Morgan fingerprint density at radius 2 is 2.06 bits per heavy atom. The first kappa shape index (κ1) is 24.6. The highest BCUT2D eigenvalue weighted by molar-refractivity contribution is 6.11.